The molecule has 2 aromatic carbocycles. The van der Waals surface area contributed by atoms with Gasteiger partial charge in [-0.25, -0.2) is 4.98 Å². The second-order valence-electron chi connectivity index (χ2n) is 6.94. The lowest BCUT2D eigenvalue weighted by Crippen LogP contribution is -2.33. The number of nitrogens with two attached hydrogens (primary N) is 1. The smallest absolute Gasteiger partial charge is 0.231 e. The predicted molar refractivity (Wildman–Crippen MR) is 118 cm³/mol. The molecule has 0 aliphatic carbocycles. The highest BCUT2D eigenvalue weighted by atomic mass is 32.3. The summed E-state index contributed by atoms with van der Waals surface area (Å²) in [7, 11) is 0.483. The van der Waals surface area contributed by atoms with Gasteiger partial charge in [-0.05, 0) is 34.7 Å². The molecule has 1 aliphatic rings. The van der Waals surface area contributed by atoms with Crippen LogP contribution in [0.3, 0.4) is 0 Å². The molecule has 1 aromatic heterocycles. The van der Waals surface area contributed by atoms with Gasteiger partial charge >= 0.3 is 0 Å². The summed E-state index contributed by atoms with van der Waals surface area (Å²) in [5.41, 5.74) is 7.74. The van der Waals surface area contributed by atoms with E-state index in [0.29, 0.717) is 30.9 Å². The topological polar surface area (TPSA) is 74.7 Å². The van der Waals surface area contributed by atoms with Crippen molar-refractivity contribution in [2.45, 2.75) is 11.5 Å². The number of hydrogen-bond acceptors (Lipinski definition) is 4. The molecular weight excluding hydrogens is 384 g/mol. The van der Waals surface area contributed by atoms with Gasteiger partial charge in [0.15, 0.2) is 0 Å². The maximum Gasteiger partial charge on any atom is 0.231 e. The zero-order valence-corrected chi connectivity index (χ0v) is 17.3. The van der Waals surface area contributed by atoms with Crippen molar-refractivity contribution in [1.29, 1.82) is 0 Å². The first-order valence-electron chi connectivity index (χ1n) is 9.62. The van der Waals surface area contributed by atoms with Crippen molar-refractivity contribution >= 4 is 21.1 Å². The van der Waals surface area contributed by atoms with E-state index >= 15 is 0 Å². The Hall–Kier alpha value is -2.77. The number of amidine groups is 1. The van der Waals surface area contributed by atoms with Crippen LogP contribution in [0.15, 0.2) is 76.9 Å². The van der Waals surface area contributed by atoms with E-state index in [-0.39, 0.29) is 0 Å². The number of rotatable bonds is 5. The maximum absolute atomic E-state index is 6.60. The number of aromatic nitrogens is 2. The molecule has 6 nitrogen and oxygen atoms in total. The molecule has 0 spiro atoms. The Balaban J connectivity index is 1.57. The average Bonchev–Trinajstić information content (AvgIpc) is 3.18. The van der Waals surface area contributed by atoms with Crippen molar-refractivity contribution in [2.75, 3.05) is 24.7 Å². The number of ether oxygens (including phenoxy) is 2. The third kappa shape index (κ3) is 4.31. The Morgan fingerprint density at radius 1 is 1.14 bits per heavy atom. The minimum Gasteiger partial charge on any atom is -0.489 e. The van der Waals surface area contributed by atoms with Gasteiger partial charge in [0.2, 0.25) is 5.95 Å². The minimum absolute atomic E-state index is 0.550. The fourth-order valence-electron chi connectivity index (χ4n) is 3.36. The zero-order valence-electron chi connectivity index (χ0n) is 16.5. The Labute approximate surface area is 172 Å². The molecule has 3 aromatic rings. The molecule has 0 unspecified atom stereocenters. The van der Waals surface area contributed by atoms with Crippen LogP contribution in [0.25, 0.3) is 0 Å². The van der Waals surface area contributed by atoms with Gasteiger partial charge in [-0.2, -0.15) is 15.0 Å². The second-order valence-corrected chi connectivity index (χ2v) is 10.4. The minimum atomic E-state index is -1.44. The average molecular weight is 411 g/mol. The number of aryl methyl sites for hydroxylation is 1. The number of aliphatic imine (C=N–C) groups is 1. The highest BCUT2D eigenvalue weighted by molar-refractivity contribution is 8.45. The van der Waals surface area contributed by atoms with Crippen LogP contribution in [0, 0.1) is 0 Å². The van der Waals surface area contributed by atoms with Gasteiger partial charge in [-0.3, -0.25) is 0 Å². The molecule has 0 atom stereocenters. The first-order chi connectivity index (χ1) is 14.2. The van der Waals surface area contributed by atoms with Crippen molar-refractivity contribution in [2.24, 2.45) is 17.8 Å². The quantitative estimate of drug-likeness (QED) is 0.512. The number of hydrogen-bond donors (Lipinski definition) is 1. The fraction of sp³-hybridized carbons (Fsp3) is 0.273. The van der Waals surface area contributed by atoms with E-state index in [0.717, 1.165) is 22.8 Å². The Morgan fingerprint density at radius 3 is 2.52 bits per heavy atom. The molecule has 0 amide bonds. The zero-order chi connectivity index (χ0) is 20.1. The largest absolute Gasteiger partial charge is 0.489 e. The number of nitrogens with zero attached hydrogens (tertiary/aromatic N) is 3. The molecule has 7 heteroatoms. The van der Waals surface area contributed by atoms with Crippen LogP contribution >= 0.6 is 10.0 Å². The Kier molecular flexibility index (Phi) is 5.87. The van der Waals surface area contributed by atoms with Crippen molar-refractivity contribution in [3.05, 3.63) is 72.6 Å². The van der Waals surface area contributed by atoms with Gasteiger partial charge in [-0.15, -0.1) is 0 Å². The summed E-state index contributed by atoms with van der Waals surface area (Å²) < 4.78 is 13.4. The van der Waals surface area contributed by atoms with Crippen molar-refractivity contribution < 1.29 is 9.47 Å². The third-order valence-corrected chi connectivity index (χ3v) is 8.88. The van der Waals surface area contributed by atoms with Gasteiger partial charge in [-0.1, -0.05) is 30.3 Å². The summed E-state index contributed by atoms with van der Waals surface area (Å²) in [4.78, 5) is 10.2. The fourth-order valence-corrected chi connectivity index (χ4v) is 6.41. The molecule has 152 valence electrons. The third-order valence-electron chi connectivity index (χ3n) is 5.08. The molecular formula is C22H26N4O2S. The second kappa shape index (κ2) is 8.71. The highest BCUT2D eigenvalue weighted by Gasteiger charge is 2.33. The molecule has 1 saturated heterocycles. The van der Waals surface area contributed by atoms with Gasteiger partial charge < -0.3 is 19.8 Å². The van der Waals surface area contributed by atoms with E-state index < -0.39 is 10.0 Å². The molecule has 1 fully saturated rings. The van der Waals surface area contributed by atoms with E-state index in [1.54, 1.807) is 6.20 Å². The lowest BCUT2D eigenvalue weighted by Gasteiger charge is -2.42. The molecule has 4 rings (SSSR count). The number of benzene rings is 2. The standard InChI is InChI=1S/C22H26N4O2S/c1-26-12-11-24-22(26)25-21(23)29(15-13-27-14-16-29)20-9-7-19(8-10-20)28-17-18-5-3-2-4-6-18/h2-12H,13-17H2,1H3,(H2,23,24,25). The maximum atomic E-state index is 6.60. The lowest BCUT2D eigenvalue weighted by atomic mass is 10.2. The molecule has 0 bridgehead atoms. The summed E-state index contributed by atoms with van der Waals surface area (Å²) in [6.07, 6.45) is 3.61. The highest BCUT2D eigenvalue weighted by Crippen LogP contribution is 2.57. The van der Waals surface area contributed by atoms with Crippen molar-refractivity contribution in [3.63, 3.8) is 0 Å². The Bertz CT molecular complexity index is 964. The van der Waals surface area contributed by atoms with E-state index in [2.05, 4.69) is 34.2 Å². The normalized spacial score (nSPS) is 17.6. The van der Waals surface area contributed by atoms with Crippen LogP contribution in [0.4, 0.5) is 5.95 Å². The van der Waals surface area contributed by atoms with Crippen LogP contribution in [-0.2, 0) is 18.4 Å². The molecule has 0 radical (unpaired) electrons. The van der Waals surface area contributed by atoms with Gasteiger partial charge in [0, 0.05) is 30.9 Å². The summed E-state index contributed by atoms with van der Waals surface area (Å²) in [5, 5.41) is 0.660. The van der Waals surface area contributed by atoms with E-state index in [1.165, 1.54) is 4.90 Å². The van der Waals surface area contributed by atoms with Crippen LogP contribution in [0.2, 0.25) is 0 Å². The predicted octanol–water partition coefficient (Wildman–Crippen LogP) is 3.84. The van der Waals surface area contributed by atoms with Crippen molar-refractivity contribution in [3.8, 4) is 5.75 Å². The first kappa shape index (κ1) is 19.5. The van der Waals surface area contributed by atoms with E-state index in [1.807, 2.05) is 48.1 Å². The molecule has 0 saturated carbocycles. The lowest BCUT2D eigenvalue weighted by molar-refractivity contribution is 0.159. The Morgan fingerprint density at radius 2 is 1.86 bits per heavy atom. The molecule has 2 heterocycles. The van der Waals surface area contributed by atoms with Crippen LogP contribution in [0.5, 0.6) is 5.75 Å². The monoisotopic (exact) mass is 410 g/mol. The van der Waals surface area contributed by atoms with E-state index in [9.17, 15) is 0 Å². The van der Waals surface area contributed by atoms with Crippen LogP contribution in [0.1, 0.15) is 5.56 Å². The van der Waals surface area contributed by atoms with Crippen LogP contribution < -0.4 is 10.5 Å². The van der Waals surface area contributed by atoms with Crippen molar-refractivity contribution in [1.82, 2.24) is 9.55 Å². The van der Waals surface area contributed by atoms with Crippen LogP contribution in [-0.4, -0.2) is 39.4 Å². The molecule has 1 aliphatic heterocycles. The van der Waals surface area contributed by atoms with Gasteiger partial charge in [0.25, 0.3) is 0 Å². The first-order valence-corrected chi connectivity index (χ1v) is 11.6. The SMILES string of the molecule is Cn1ccnc1N=C(N)S1(c2ccc(OCc3ccccc3)cc2)CCOCC1. The summed E-state index contributed by atoms with van der Waals surface area (Å²) >= 11 is 0. The van der Waals surface area contributed by atoms with Gasteiger partial charge in [0.1, 0.15) is 17.5 Å². The summed E-state index contributed by atoms with van der Waals surface area (Å²) in [5.74, 6) is 3.22. The molecule has 29 heavy (non-hydrogen) atoms. The molecule has 2 N–H and O–H groups in total. The summed E-state index contributed by atoms with van der Waals surface area (Å²) in [6.45, 7) is 1.94. The van der Waals surface area contributed by atoms with E-state index in [4.69, 9.17) is 15.2 Å². The summed E-state index contributed by atoms with van der Waals surface area (Å²) in [6, 6.07) is 18.5. The number of imidazole rings is 1. The van der Waals surface area contributed by atoms with Gasteiger partial charge in [0.05, 0.1) is 13.2 Å².